The van der Waals surface area contributed by atoms with Crippen molar-refractivity contribution in [3.63, 3.8) is 0 Å². The molecule has 0 fully saturated rings. The number of aliphatic carboxylic acids is 1. The van der Waals surface area contributed by atoms with Gasteiger partial charge in [0.15, 0.2) is 0 Å². The number of carbonyl (C=O) groups is 1. The molecular weight excluding hydrogens is 132 g/mol. The summed E-state index contributed by atoms with van der Waals surface area (Å²) in [5.74, 6) is -0.455. The van der Waals surface area contributed by atoms with Crippen LogP contribution >= 0.6 is 0 Å². The van der Waals surface area contributed by atoms with E-state index in [4.69, 9.17) is 9.84 Å². The number of carboxylic acid groups (broad SMARTS) is 1. The Morgan fingerprint density at radius 3 is 2.90 bits per heavy atom. The van der Waals surface area contributed by atoms with Crippen molar-refractivity contribution in [3.05, 3.63) is 23.5 Å². The van der Waals surface area contributed by atoms with Crippen molar-refractivity contribution in [3.8, 4) is 0 Å². The first-order valence-corrected chi connectivity index (χ1v) is 2.95. The summed E-state index contributed by atoms with van der Waals surface area (Å²) < 4.78 is 4.96. The summed E-state index contributed by atoms with van der Waals surface area (Å²) in [4.78, 5) is 10.4. The molecule has 0 aliphatic carbocycles. The van der Waals surface area contributed by atoms with Gasteiger partial charge in [0.1, 0.15) is 12.4 Å². The zero-order valence-electron chi connectivity index (χ0n) is 5.63. The molecule has 1 rings (SSSR count). The van der Waals surface area contributed by atoms with E-state index in [0.29, 0.717) is 12.4 Å². The van der Waals surface area contributed by atoms with E-state index in [9.17, 15) is 4.79 Å². The normalized spacial score (nSPS) is 16.9. The molecule has 3 heteroatoms. The van der Waals surface area contributed by atoms with Gasteiger partial charge in [-0.05, 0) is 19.1 Å². The lowest BCUT2D eigenvalue weighted by Crippen LogP contribution is -2.07. The molecule has 0 spiro atoms. The van der Waals surface area contributed by atoms with Crippen molar-refractivity contribution in [2.75, 3.05) is 6.61 Å². The highest BCUT2D eigenvalue weighted by molar-refractivity contribution is 5.90. The summed E-state index contributed by atoms with van der Waals surface area (Å²) in [5, 5.41) is 8.52. The van der Waals surface area contributed by atoms with Crippen LogP contribution in [0.2, 0.25) is 0 Å². The molecule has 0 aromatic heterocycles. The van der Waals surface area contributed by atoms with Gasteiger partial charge < -0.3 is 9.84 Å². The molecule has 10 heavy (non-hydrogen) atoms. The molecule has 1 heterocycles. The quantitative estimate of drug-likeness (QED) is 0.589. The Morgan fingerprint density at radius 2 is 2.50 bits per heavy atom. The van der Waals surface area contributed by atoms with Crippen LogP contribution in [0, 0.1) is 0 Å². The largest absolute Gasteiger partial charge is 0.493 e. The summed E-state index contributed by atoms with van der Waals surface area (Å²) in [6.07, 6.45) is 3.23. The van der Waals surface area contributed by atoms with Gasteiger partial charge in [0.2, 0.25) is 0 Å². The predicted octanol–water partition coefficient (Wildman–Crippen LogP) is 0.931. The number of carboxylic acids is 1. The second kappa shape index (κ2) is 2.56. The fourth-order valence-corrected chi connectivity index (χ4v) is 0.756. The topological polar surface area (TPSA) is 46.5 Å². The molecule has 1 N–H and O–H groups in total. The fraction of sp³-hybridized carbons (Fsp3) is 0.286. The molecule has 0 bridgehead atoms. The van der Waals surface area contributed by atoms with Crippen LogP contribution in [-0.4, -0.2) is 17.7 Å². The Bertz CT molecular complexity index is 213. The van der Waals surface area contributed by atoms with Gasteiger partial charge in [0, 0.05) is 0 Å². The van der Waals surface area contributed by atoms with Gasteiger partial charge in [-0.3, -0.25) is 0 Å². The van der Waals surface area contributed by atoms with E-state index >= 15 is 0 Å². The van der Waals surface area contributed by atoms with Gasteiger partial charge in [-0.2, -0.15) is 0 Å². The zero-order chi connectivity index (χ0) is 7.56. The molecule has 0 radical (unpaired) electrons. The Morgan fingerprint density at radius 1 is 1.80 bits per heavy atom. The second-order valence-corrected chi connectivity index (χ2v) is 1.99. The Labute approximate surface area is 58.6 Å². The van der Waals surface area contributed by atoms with E-state index in [0.717, 1.165) is 0 Å². The molecule has 54 valence electrons. The van der Waals surface area contributed by atoms with E-state index in [-0.39, 0.29) is 5.57 Å². The SMILES string of the molecule is CC1=C(C(=O)O)C=CCO1. The third-order valence-electron chi connectivity index (χ3n) is 1.29. The Balaban J connectivity index is 2.90. The molecule has 0 saturated heterocycles. The first-order chi connectivity index (χ1) is 4.72. The minimum Gasteiger partial charge on any atom is -0.493 e. The van der Waals surface area contributed by atoms with E-state index in [1.165, 1.54) is 0 Å². The zero-order valence-corrected chi connectivity index (χ0v) is 5.63. The molecular formula is C7H8O3. The van der Waals surface area contributed by atoms with Crippen LogP contribution in [0.1, 0.15) is 6.92 Å². The highest BCUT2D eigenvalue weighted by Gasteiger charge is 2.11. The first kappa shape index (κ1) is 6.86. The average molecular weight is 140 g/mol. The molecule has 0 saturated carbocycles. The van der Waals surface area contributed by atoms with Crippen LogP contribution in [0.15, 0.2) is 23.5 Å². The molecule has 1 aliphatic rings. The number of hydrogen-bond donors (Lipinski definition) is 1. The Kier molecular flexibility index (Phi) is 1.76. The molecule has 0 atom stereocenters. The fourth-order valence-electron chi connectivity index (χ4n) is 0.756. The van der Waals surface area contributed by atoms with Crippen LogP contribution in [0.4, 0.5) is 0 Å². The van der Waals surface area contributed by atoms with Crippen LogP contribution < -0.4 is 0 Å². The number of hydrogen-bond acceptors (Lipinski definition) is 2. The van der Waals surface area contributed by atoms with E-state index in [1.807, 2.05) is 0 Å². The van der Waals surface area contributed by atoms with Gasteiger partial charge in [0.05, 0.1) is 5.57 Å². The molecule has 1 aliphatic heterocycles. The van der Waals surface area contributed by atoms with Crippen LogP contribution in [0.5, 0.6) is 0 Å². The van der Waals surface area contributed by atoms with E-state index in [1.54, 1.807) is 19.1 Å². The van der Waals surface area contributed by atoms with Crippen molar-refractivity contribution in [2.45, 2.75) is 6.92 Å². The molecule has 3 nitrogen and oxygen atoms in total. The molecule has 0 amide bonds. The summed E-state index contributed by atoms with van der Waals surface area (Å²) in [6.45, 7) is 2.12. The van der Waals surface area contributed by atoms with Crippen molar-refractivity contribution in [1.29, 1.82) is 0 Å². The maximum atomic E-state index is 10.4. The first-order valence-electron chi connectivity index (χ1n) is 2.95. The van der Waals surface area contributed by atoms with Crippen LogP contribution in [0.3, 0.4) is 0 Å². The maximum Gasteiger partial charge on any atom is 0.339 e. The third kappa shape index (κ3) is 1.18. The minimum absolute atomic E-state index is 0.242. The predicted molar refractivity (Wildman–Crippen MR) is 35.4 cm³/mol. The van der Waals surface area contributed by atoms with Gasteiger partial charge in [-0.15, -0.1) is 0 Å². The van der Waals surface area contributed by atoms with Crippen molar-refractivity contribution in [1.82, 2.24) is 0 Å². The maximum absolute atomic E-state index is 10.4. The smallest absolute Gasteiger partial charge is 0.339 e. The number of allylic oxidation sites excluding steroid dienone is 1. The highest BCUT2D eigenvalue weighted by Crippen LogP contribution is 2.11. The summed E-state index contributed by atoms with van der Waals surface area (Å²) in [5.41, 5.74) is 0.242. The molecule has 0 unspecified atom stereocenters. The Hall–Kier alpha value is -1.25. The van der Waals surface area contributed by atoms with Crippen molar-refractivity contribution < 1.29 is 14.6 Å². The molecule has 0 aromatic carbocycles. The number of rotatable bonds is 1. The van der Waals surface area contributed by atoms with E-state index < -0.39 is 5.97 Å². The van der Waals surface area contributed by atoms with Gasteiger partial charge in [-0.1, -0.05) is 0 Å². The lowest BCUT2D eigenvalue weighted by atomic mass is 10.2. The van der Waals surface area contributed by atoms with Gasteiger partial charge in [-0.25, -0.2) is 4.79 Å². The van der Waals surface area contributed by atoms with Gasteiger partial charge in [0.25, 0.3) is 0 Å². The van der Waals surface area contributed by atoms with E-state index in [2.05, 4.69) is 0 Å². The number of ether oxygens (including phenoxy) is 1. The summed E-state index contributed by atoms with van der Waals surface area (Å²) in [6, 6.07) is 0. The highest BCUT2D eigenvalue weighted by atomic mass is 16.5. The average Bonchev–Trinajstić information content (AvgIpc) is 1.88. The van der Waals surface area contributed by atoms with Crippen molar-refractivity contribution in [2.24, 2.45) is 0 Å². The van der Waals surface area contributed by atoms with Crippen molar-refractivity contribution >= 4 is 5.97 Å². The third-order valence-corrected chi connectivity index (χ3v) is 1.29. The lowest BCUT2D eigenvalue weighted by Gasteiger charge is -2.09. The summed E-state index contributed by atoms with van der Waals surface area (Å²) in [7, 11) is 0. The van der Waals surface area contributed by atoms with Gasteiger partial charge >= 0.3 is 5.97 Å². The van der Waals surface area contributed by atoms with Crippen LogP contribution in [-0.2, 0) is 9.53 Å². The van der Waals surface area contributed by atoms with Crippen LogP contribution in [0.25, 0.3) is 0 Å². The lowest BCUT2D eigenvalue weighted by molar-refractivity contribution is -0.132. The minimum atomic E-state index is -0.937. The molecule has 0 aromatic rings. The monoisotopic (exact) mass is 140 g/mol. The standard InChI is InChI=1S/C7H8O3/c1-5-6(7(8)9)3-2-4-10-5/h2-3H,4H2,1H3,(H,8,9). The summed E-state index contributed by atoms with van der Waals surface area (Å²) >= 11 is 0. The second-order valence-electron chi connectivity index (χ2n) is 1.99.